The van der Waals surface area contributed by atoms with Gasteiger partial charge in [-0.25, -0.2) is 4.99 Å². The van der Waals surface area contributed by atoms with Crippen molar-refractivity contribution in [1.29, 1.82) is 0 Å². The molecule has 0 spiro atoms. The molecule has 1 saturated heterocycles. The van der Waals surface area contributed by atoms with E-state index in [1.54, 1.807) is 26.2 Å². The summed E-state index contributed by atoms with van der Waals surface area (Å²) < 4.78 is 26.9. The van der Waals surface area contributed by atoms with Crippen LogP contribution in [0.25, 0.3) is 0 Å². The highest BCUT2D eigenvalue weighted by atomic mass is 16.5. The maximum atomic E-state index is 13.3. The number of anilines is 1. The van der Waals surface area contributed by atoms with Crippen LogP contribution >= 0.6 is 0 Å². The van der Waals surface area contributed by atoms with Crippen molar-refractivity contribution in [2.75, 3.05) is 66.1 Å². The number of carbonyl (C=O) groups excluding carboxylic acids is 2. The van der Waals surface area contributed by atoms with Crippen LogP contribution < -0.4 is 29.2 Å². The minimum Gasteiger partial charge on any atom is -0.497 e. The summed E-state index contributed by atoms with van der Waals surface area (Å²) in [6.07, 6.45) is 0. The SMILES string of the molecule is CCOC(=O)C1C(=O)NC(N2CCN(c3ccc(OC)cc3)CC2)=NC1c1cc(OC)c(OC)c(OC)c1. The van der Waals surface area contributed by atoms with Gasteiger partial charge in [0.1, 0.15) is 11.8 Å². The number of hydrogen-bond donors (Lipinski definition) is 1. The molecule has 2 heterocycles. The Labute approximate surface area is 222 Å². The van der Waals surface area contributed by atoms with E-state index in [9.17, 15) is 9.59 Å². The van der Waals surface area contributed by atoms with Gasteiger partial charge in [-0.2, -0.15) is 0 Å². The maximum absolute atomic E-state index is 13.3. The zero-order valence-electron chi connectivity index (χ0n) is 22.4. The number of nitrogens with one attached hydrogen (secondary N) is 1. The molecular weight excluding hydrogens is 492 g/mol. The van der Waals surface area contributed by atoms with Crippen LogP contribution in [0.1, 0.15) is 18.5 Å². The summed E-state index contributed by atoms with van der Waals surface area (Å²) in [6.45, 7) is 4.58. The second-order valence-corrected chi connectivity index (χ2v) is 8.75. The third kappa shape index (κ3) is 5.41. The van der Waals surface area contributed by atoms with Crippen LogP contribution in [0.3, 0.4) is 0 Å². The molecule has 0 bridgehead atoms. The van der Waals surface area contributed by atoms with Gasteiger partial charge in [-0.05, 0) is 48.9 Å². The van der Waals surface area contributed by atoms with Crippen molar-refractivity contribution in [3.05, 3.63) is 42.0 Å². The molecule has 11 nitrogen and oxygen atoms in total. The number of amides is 1. The minimum atomic E-state index is -1.16. The predicted octanol–water partition coefficient (Wildman–Crippen LogP) is 2.25. The topological polar surface area (TPSA) is 111 Å². The fraction of sp³-hybridized carbons (Fsp3) is 0.444. The van der Waals surface area contributed by atoms with Gasteiger partial charge in [0, 0.05) is 31.9 Å². The Hall–Kier alpha value is -4.15. The van der Waals surface area contributed by atoms with Crippen molar-refractivity contribution < 1.29 is 33.3 Å². The lowest BCUT2D eigenvalue weighted by molar-refractivity contribution is -0.153. The van der Waals surface area contributed by atoms with E-state index >= 15 is 0 Å². The molecule has 0 aromatic heterocycles. The van der Waals surface area contributed by atoms with Crippen LogP contribution in [0.5, 0.6) is 23.0 Å². The average molecular weight is 527 g/mol. The van der Waals surface area contributed by atoms with E-state index in [1.165, 1.54) is 21.3 Å². The monoisotopic (exact) mass is 526 g/mol. The van der Waals surface area contributed by atoms with E-state index in [2.05, 4.69) is 10.2 Å². The highest BCUT2D eigenvalue weighted by Gasteiger charge is 2.43. The fourth-order valence-corrected chi connectivity index (χ4v) is 4.71. The Kier molecular flexibility index (Phi) is 8.45. The molecule has 1 N–H and O–H groups in total. The Bertz CT molecular complexity index is 1150. The van der Waals surface area contributed by atoms with E-state index in [-0.39, 0.29) is 6.61 Å². The van der Waals surface area contributed by atoms with Crippen LogP contribution in [0.4, 0.5) is 5.69 Å². The quantitative estimate of drug-likeness (QED) is 0.409. The highest BCUT2D eigenvalue weighted by molar-refractivity contribution is 6.08. The Morgan fingerprint density at radius 3 is 2.05 bits per heavy atom. The van der Waals surface area contributed by atoms with Crippen molar-refractivity contribution in [2.24, 2.45) is 10.9 Å². The molecule has 38 heavy (non-hydrogen) atoms. The molecule has 2 atom stereocenters. The molecule has 204 valence electrons. The number of hydrogen-bond acceptors (Lipinski definition) is 10. The second kappa shape index (κ2) is 11.9. The van der Waals surface area contributed by atoms with Gasteiger partial charge in [0.05, 0.1) is 35.0 Å². The zero-order chi connectivity index (χ0) is 27.2. The number of esters is 1. The number of aliphatic imine (C=N–C) groups is 1. The molecule has 2 unspecified atom stereocenters. The summed E-state index contributed by atoms with van der Waals surface area (Å²) in [6, 6.07) is 10.5. The number of ether oxygens (including phenoxy) is 5. The first-order valence-corrected chi connectivity index (χ1v) is 12.4. The standard InChI is InChI=1S/C27H34N4O7/c1-6-38-26(33)22-23(17-15-20(35-3)24(37-5)21(16-17)36-4)28-27(29-25(22)32)31-13-11-30(12-14-31)18-7-9-19(34-2)10-8-18/h7-10,15-16,22-23H,6,11-14H2,1-5H3,(H,28,29,32). The van der Waals surface area contributed by atoms with E-state index < -0.39 is 23.8 Å². The summed E-state index contributed by atoms with van der Waals surface area (Å²) in [7, 11) is 6.17. The predicted molar refractivity (Wildman–Crippen MR) is 141 cm³/mol. The van der Waals surface area contributed by atoms with Crippen LogP contribution in [-0.4, -0.2) is 84.0 Å². The molecule has 4 rings (SSSR count). The van der Waals surface area contributed by atoms with Gasteiger partial charge in [-0.15, -0.1) is 0 Å². The molecule has 0 saturated carbocycles. The number of nitrogens with zero attached hydrogens (tertiary/aromatic N) is 3. The largest absolute Gasteiger partial charge is 0.497 e. The van der Waals surface area contributed by atoms with E-state index in [0.717, 1.165) is 24.5 Å². The first-order valence-electron chi connectivity index (χ1n) is 12.4. The molecular formula is C27H34N4O7. The molecule has 0 radical (unpaired) electrons. The molecule has 2 aromatic rings. The third-order valence-electron chi connectivity index (χ3n) is 6.68. The van der Waals surface area contributed by atoms with Gasteiger partial charge in [0.25, 0.3) is 0 Å². The lowest BCUT2D eigenvalue weighted by Gasteiger charge is -2.39. The minimum absolute atomic E-state index is 0.147. The van der Waals surface area contributed by atoms with Crippen LogP contribution in [0.15, 0.2) is 41.4 Å². The van der Waals surface area contributed by atoms with Gasteiger partial charge in [0.2, 0.25) is 17.6 Å². The van der Waals surface area contributed by atoms with Gasteiger partial charge in [-0.3, -0.25) is 14.9 Å². The smallest absolute Gasteiger partial charge is 0.321 e. The van der Waals surface area contributed by atoms with Crippen LogP contribution in [0.2, 0.25) is 0 Å². The Balaban J connectivity index is 1.63. The van der Waals surface area contributed by atoms with Gasteiger partial charge in [-0.1, -0.05) is 0 Å². The molecule has 2 aliphatic rings. The highest BCUT2D eigenvalue weighted by Crippen LogP contribution is 2.42. The van der Waals surface area contributed by atoms with E-state index in [4.69, 9.17) is 28.7 Å². The van der Waals surface area contributed by atoms with Gasteiger partial charge >= 0.3 is 5.97 Å². The zero-order valence-corrected chi connectivity index (χ0v) is 22.4. The number of guanidine groups is 1. The number of rotatable bonds is 8. The second-order valence-electron chi connectivity index (χ2n) is 8.75. The molecule has 0 aliphatic carbocycles. The van der Waals surface area contributed by atoms with Crippen molar-refractivity contribution in [2.45, 2.75) is 13.0 Å². The summed E-state index contributed by atoms with van der Waals surface area (Å²) in [4.78, 5) is 35.3. The van der Waals surface area contributed by atoms with Crippen molar-refractivity contribution in [3.63, 3.8) is 0 Å². The normalized spacial score (nSPS) is 19.3. The number of benzene rings is 2. The molecule has 2 aliphatic heterocycles. The summed E-state index contributed by atoms with van der Waals surface area (Å²) in [5.74, 6) is 0.165. The summed E-state index contributed by atoms with van der Waals surface area (Å²) in [5, 5.41) is 2.84. The van der Waals surface area contributed by atoms with Gasteiger partial charge in [0.15, 0.2) is 17.4 Å². The lowest BCUT2D eigenvalue weighted by atomic mass is 9.90. The maximum Gasteiger partial charge on any atom is 0.321 e. The first kappa shape index (κ1) is 26.9. The van der Waals surface area contributed by atoms with Crippen molar-refractivity contribution >= 4 is 23.5 Å². The molecule has 11 heteroatoms. The number of piperazine rings is 1. The number of methoxy groups -OCH3 is 4. The first-order chi connectivity index (χ1) is 18.4. The van der Waals surface area contributed by atoms with Crippen molar-refractivity contribution in [1.82, 2.24) is 10.2 Å². The van der Waals surface area contributed by atoms with Crippen LogP contribution in [0, 0.1) is 5.92 Å². The fourth-order valence-electron chi connectivity index (χ4n) is 4.71. The third-order valence-corrected chi connectivity index (χ3v) is 6.68. The Morgan fingerprint density at radius 2 is 1.53 bits per heavy atom. The molecule has 1 amide bonds. The molecule has 1 fully saturated rings. The molecule has 2 aromatic carbocycles. The average Bonchev–Trinajstić information content (AvgIpc) is 2.96. The summed E-state index contributed by atoms with van der Waals surface area (Å²) >= 11 is 0. The van der Waals surface area contributed by atoms with Crippen LogP contribution in [-0.2, 0) is 14.3 Å². The van der Waals surface area contributed by atoms with E-state index in [1.807, 2.05) is 29.2 Å². The lowest BCUT2D eigenvalue weighted by Crippen LogP contribution is -2.57. The number of carbonyl (C=O) groups is 2. The van der Waals surface area contributed by atoms with Gasteiger partial charge < -0.3 is 33.5 Å². The summed E-state index contributed by atoms with van der Waals surface area (Å²) in [5.41, 5.74) is 1.67. The Morgan fingerprint density at radius 1 is 0.921 bits per heavy atom. The van der Waals surface area contributed by atoms with Crippen molar-refractivity contribution in [3.8, 4) is 23.0 Å². The van der Waals surface area contributed by atoms with E-state index in [0.29, 0.717) is 41.9 Å².